The van der Waals surface area contributed by atoms with Crippen LogP contribution in [-0.4, -0.2) is 14.8 Å². The van der Waals surface area contributed by atoms with Crippen molar-refractivity contribution >= 4 is 11.9 Å². The van der Waals surface area contributed by atoms with E-state index in [0.29, 0.717) is 12.2 Å². The van der Waals surface area contributed by atoms with Gasteiger partial charge in [0.05, 0.1) is 11.9 Å². The molecule has 0 amide bonds. The lowest BCUT2D eigenvalue weighted by molar-refractivity contribution is 0.0417. The standard InChI is InChI=1S/C9H10ClN3O/c1-8-11-7-13(12-8)9(14-10)5-3-2-4-6-9/h2-5,7H,6H2,1H3. The van der Waals surface area contributed by atoms with Gasteiger partial charge in [-0.25, -0.2) is 14.0 Å². The first kappa shape index (κ1) is 9.43. The Bertz CT molecular complexity index is 385. The van der Waals surface area contributed by atoms with Crippen molar-refractivity contribution in [1.82, 2.24) is 14.8 Å². The number of nitrogens with zero attached hydrogens (tertiary/aromatic N) is 3. The average molecular weight is 212 g/mol. The zero-order valence-electron chi connectivity index (χ0n) is 7.72. The van der Waals surface area contributed by atoms with Crippen LogP contribution in [0.3, 0.4) is 0 Å². The zero-order chi connectivity index (χ0) is 10.0. The van der Waals surface area contributed by atoms with Crippen molar-refractivity contribution in [2.75, 3.05) is 0 Å². The third-order valence-corrected chi connectivity index (χ3v) is 2.41. The summed E-state index contributed by atoms with van der Waals surface area (Å²) in [4.78, 5) is 4.04. The van der Waals surface area contributed by atoms with Gasteiger partial charge in [-0.3, -0.25) is 0 Å². The smallest absolute Gasteiger partial charge is 0.204 e. The summed E-state index contributed by atoms with van der Waals surface area (Å²) in [5, 5.41) is 4.19. The van der Waals surface area contributed by atoms with Crippen LogP contribution >= 0.6 is 11.9 Å². The SMILES string of the molecule is Cc1ncn(C2(OCl)C=CC=CC2)n1. The van der Waals surface area contributed by atoms with Crippen molar-refractivity contribution in [2.24, 2.45) is 0 Å². The van der Waals surface area contributed by atoms with Crippen molar-refractivity contribution in [3.05, 3.63) is 36.5 Å². The summed E-state index contributed by atoms with van der Waals surface area (Å²) >= 11 is 5.51. The second kappa shape index (κ2) is 3.55. The lowest BCUT2D eigenvalue weighted by Gasteiger charge is -2.27. The number of hydrogen-bond donors (Lipinski definition) is 0. The Morgan fingerprint density at radius 3 is 2.93 bits per heavy atom. The summed E-state index contributed by atoms with van der Waals surface area (Å²) in [7, 11) is 0. The van der Waals surface area contributed by atoms with Crippen LogP contribution in [0.4, 0.5) is 0 Å². The topological polar surface area (TPSA) is 39.9 Å². The first-order valence-corrected chi connectivity index (χ1v) is 4.60. The van der Waals surface area contributed by atoms with E-state index in [1.165, 1.54) is 0 Å². The van der Waals surface area contributed by atoms with Gasteiger partial charge in [-0.05, 0) is 13.0 Å². The Labute approximate surface area is 87.0 Å². The number of rotatable bonds is 2. The Hall–Kier alpha value is -1.13. The summed E-state index contributed by atoms with van der Waals surface area (Å²) in [5.41, 5.74) is -0.725. The first-order chi connectivity index (χ1) is 6.77. The molecule has 1 heterocycles. The summed E-state index contributed by atoms with van der Waals surface area (Å²) < 4.78 is 6.59. The van der Waals surface area contributed by atoms with E-state index in [1.54, 1.807) is 11.0 Å². The van der Waals surface area contributed by atoms with Crippen LogP contribution in [0.5, 0.6) is 0 Å². The summed E-state index contributed by atoms with van der Waals surface area (Å²) in [6.45, 7) is 1.82. The third-order valence-electron chi connectivity index (χ3n) is 2.14. The molecule has 1 aromatic rings. The van der Waals surface area contributed by atoms with E-state index in [4.69, 9.17) is 16.2 Å². The maximum Gasteiger partial charge on any atom is 0.204 e. The molecule has 1 aliphatic rings. The molecule has 1 aromatic heterocycles. The van der Waals surface area contributed by atoms with E-state index < -0.39 is 5.72 Å². The molecule has 74 valence electrons. The molecule has 5 heteroatoms. The molecule has 4 nitrogen and oxygen atoms in total. The molecule has 2 rings (SSSR count). The van der Waals surface area contributed by atoms with Crippen molar-refractivity contribution in [3.8, 4) is 0 Å². The minimum Gasteiger partial charge on any atom is -0.244 e. The molecule has 0 N–H and O–H groups in total. The summed E-state index contributed by atoms with van der Waals surface area (Å²) in [5.74, 6) is 0.695. The molecular formula is C9H10ClN3O. The van der Waals surface area contributed by atoms with E-state index >= 15 is 0 Å². The van der Waals surface area contributed by atoms with Gasteiger partial charge < -0.3 is 0 Å². The van der Waals surface area contributed by atoms with Crippen molar-refractivity contribution in [3.63, 3.8) is 0 Å². The van der Waals surface area contributed by atoms with Crippen LogP contribution in [0.1, 0.15) is 12.2 Å². The van der Waals surface area contributed by atoms with E-state index in [9.17, 15) is 0 Å². The number of aryl methyl sites for hydroxylation is 1. The molecule has 0 radical (unpaired) electrons. The van der Waals surface area contributed by atoms with Gasteiger partial charge in [0.1, 0.15) is 12.2 Å². The van der Waals surface area contributed by atoms with Crippen LogP contribution in [-0.2, 0) is 10.0 Å². The molecule has 0 aliphatic heterocycles. The number of halogens is 1. The van der Waals surface area contributed by atoms with Crippen molar-refractivity contribution < 1.29 is 4.29 Å². The lowest BCUT2D eigenvalue weighted by Crippen LogP contribution is -2.33. The van der Waals surface area contributed by atoms with Crippen molar-refractivity contribution in [2.45, 2.75) is 19.1 Å². The molecule has 0 saturated carbocycles. The van der Waals surface area contributed by atoms with Crippen LogP contribution in [0, 0.1) is 6.92 Å². The van der Waals surface area contributed by atoms with Crippen LogP contribution in [0.2, 0.25) is 0 Å². The first-order valence-electron chi connectivity index (χ1n) is 4.30. The van der Waals surface area contributed by atoms with Gasteiger partial charge in [0.25, 0.3) is 0 Å². The monoisotopic (exact) mass is 211 g/mol. The van der Waals surface area contributed by atoms with Crippen LogP contribution in [0.15, 0.2) is 30.6 Å². The average Bonchev–Trinajstić information content (AvgIpc) is 2.66. The van der Waals surface area contributed by atoms with E-state index in [1.807, 2.05) is 31.2 Å². The quantitative estimate of drug-likeness (QED) is 0.751. The molecule has 1 unspecified atom stereocenters. The van der Waals surface area contributed by atoms with E-state index in [-0.39, 0.29) is 0 Å². The van der Waals surface area contributed by atoms with Gasteiger partial charge in [-0.15, -0.1) is 0 Å². The molecule has 0 aromatic carbocycles. The maximum absolute atomic E-state index is 5.51. The lowest BCUT2D eigenvalue weighted by atomic mass is 10.1. The van der Waals surface area contributed by atoms with Gasteiger partial charge in [-0.2, -0.15) is 5.10 Å². The Balaban J connectivity index is 2.38. The second-order valence-corrected chi connectivity index (χ2v) is 3.30. The van der Waals surface area contributed by atoms with Crippen molar-refractivity contribution in [1.29, 1.82) is 0 Å². The van der Waals surface area contributed by atoms with Gasteiger partial charge in [0, 0.05) is 6.42 Å². The highest BCUT2D eigenvalue weighted by atomic mass is 35.5. The van der Waals surface area contributed by atoms with Crippen LogP contribution < -0.4 is 0 Å². The van der Waals surface area contributed by atoms with Gasteiger partial charge in [0.15, 0.2) is 0 Å². The predicted octanol–water partition coefficient (Wildman–Crippen LogP) is 1.93. The number of allylic oxidation sites excluding steroid dienone is 2. The minimum absolute atomic E-state index is 0.649. The molecule has 14 heavy (non-hydrogen) atoms. The zero-order valence-corrected chi connectivity index (χ0v) is 8.48. The van der Waals surface area contributed by atoms with Crippen LogP contribution in [0.25, 0.3) is 0 Å². The fourth-order valence-corrected chi connectivity index (χ4v) is 1.57. The van der Waals surface area contributed by atoms with Gasteiger partial charge >= 0.3 is 0 Å². The van der Waals surface area contributed by atoms with Gasteiger partial charge in [-0.1, -0.05) is 18.2 Å². The molecular weight excluding hydrogens is 202 g/mol. The molecule has 1 aliphatic carbocycles. The highest BCUT2D eigenvalue weighted by Crippen LogP contribution is 2.28. The largest absolute Gasteiger partial charge is 0.244 e. The predicted molar refractivity (Wildman–Crippen MR) is 52.6 cm³/mol. The molecule has 0 bridgehead atoms. The molecule has 0 saturated heterocycles. The normalized spacial score (nSPS) is 25.6. The molecule has 0 spiro atoms. The summed E-state index contributed by atoms with van der Waals surface area (Å²) in [6.07, 6.45) is 9.91. The Morgan fingerprint density at radius 1 is 1.57 bits per heavy atom. The van der Waals surface area contributed by atoms with E-state index in [0.717, 1.165) is 0 Å². The minimum atomic E-state index is -0.725. The Morgan fingerprint density at radius 2 is 2.43 bits per heavy atom. The fraction of sp³-hybridized carbons (Fsp3) is 0.333. The van der Waals surface area contributed by atoms with Gasteiger partial charge in [0.2, 0.25) is 5.72 Å². The fourth-order valence-electron chi connectivity index (χ4n) is 1.38. The molecule has 1 atom stereocenters. The number of hydrogen-bond acceptors (Lipinski definition) is 3. The summed E-state index contributed by atoms with van der Waals surface area (Å²) in [6, 6.07) is 0. The second-order valence-electron chi connectivity index (χ2n) is 3.15. The number of aromatic nitrogens is 3. The Kier molecular flexibility index (Phi) is 2.39. The maximum atomic E-state index is 5.51. The molecule has 0 fully saturated rings. The highest BCUT2D eigenvalue weighted by Gasteiger charge is 2.31. The highest BCUT2D eigenvalue weighted by molar-refractivity contribution is 6.07. The van der Waals surface area contributed by atoms with E-state index in [2.05, 4.69) is 10.1 Å². The third kappa shape index (κ3) is 1.47.